The second kappa shape index (κ2) is 15.9. The molecule has 0 heterocycles. The number of nitrogens with one attached hydrogen (secondary N) is 3. The lowest BCUT2D eigenvalue weighted by Gasteiger charge is -2.26. The van der Waals surface area contributed by atoms with Crippen LogP contribution in [0.1, 0.15) is 72.3 Å². The minimum Gasteiger partial charge on any atom is -0.445 e. The lowest BCUT2D eigenvalue weighted by Crippen LogP contribution is -2.55. The lowest BCUT2D eigenvalue weighted by molar-refractivity contribution is -0.131. The van der Waals surface area contributed by atoms with Gasteiger partial charge in [-0.3, -0.25) is 9.59 Å². The molecule has 1 unspecified atom stereocenters. The van der Waals surface area contributed by atoms with Crippen LogP contribution in [0.5, 0.6) is 0 Å². The summed E-state index contributed by atoms with van der Waals surface area (Å²) in [5.41, 5.74) is 0.837. The summed E-state index contributed by atoms with van der Waals surface area (Å²) in [5.74, 6) is -0.600. The van der Waals surface area contributed by atoms with E-state index < -0.39 is 36.0 Å². The number of rotatable bonds is 15. The average Bonchev–Trinajstić information content (AvgIpc) is 2.79. The lowest BCUT2D eigenvalue weighted by atomic mass is 10.00. The highest BCUT2D eigenvalue weighted by Crippen LogP contribution is 2.10. The van der Waals surface area contributed by atoms with Gasteiger partial charge in [-0.1, -0.05) is 77.8 Å². The van der Waals surface area contributed by atoms with E-state index in [1.165, 1.54) is 0 Å². The van der Waals surface area contributed by atoms with Crippen LogP contribution in [0.4, 0.5) is 4.79 Å². The number of benzene rings is 1. The standard InChI is InChI=1S/C26H41N3O5/c1-6-7-13-21(16-30)27-24(31)22(14-18(2)3)28-25(32)23(15-19(4)5)29-26(33)34-17-20-11-9-8-10-12-20/h8-12,16,18-19,21-23H,6-7,13-15,17H2,1-5H3,(H,27,31)(H,28,32)(H,29,33)/t21?,22-,23+/m0/s1. The number of hydrogen-bond acceptors (Lipinski definition) is 5. The molecule has 8 heteroatoms. The number of amides is 3. The van der Waals surface area contributed by atoms with Crippen LogP contribution in [0, 0.1) is 11.8 Å². The van der Waals surface area contributed by atoms with Gasteiger partial charge in [-0.05, 0) is 36.7 Å². The van der Waals surface area contributed by atoms with E-state index in [9.17, 15) is 19.2 Å². The number of hydrogen-bond donors (Lipinski definition) is 3. The van der Waals surface area contributed by atoms with Gasteiger partial charge in [-0.15, -0.1) is 0 Å². The quantitative estimate of drug-likeness (QED) is 0.335. The van der Waals surface area contributed by atoms with Crippen molar-refractivity contribution in [3.05, 3.63) is 35.9 Å². The monoisotopic (exact) mass is 475 g/mol. The molecule has 0 aliphatic heterocycles. The molecule has 0 saturated carbocycles. The molecule has 3 amide bonds. The first-order chi connectivity index (χ1) is 16.2. The Morgan fingerprint density at radius 3 is 1.97 bits per heavy atom. The van der Waals surface area contributed by atoms with E-state index in [-0.39, 0.29) is 18.4 Å². The highest BCUT2D eigenvalue weighted by molar-refractivity contribution is 5.92. The molecule has 8 nitrogen and oxygen atoms in total. The number of aldehydes is 1. The molecule has 34 heavy (non-hydrogen) atoms. The number of carbonyl (C=O) groups is 4. The Bertz CT molecular complexity index is 767. The fourth-order valence-corrected chi connectivity index (χ4v) is 3.47. The fourth-order valence-electron chi connectivity index (χ4n) is 3.47. The first kappa shape index (κ1) is 29.1. The number of ether oxygens (including phenoxy) is 1. The van der Waals surface area contributed by atoms with Gasteiger partial charge in [0.15, 0.2) is 0 Å². The molecule has 1 rings (SSSR count). The molecular formula is C26H41N3O5. The van der Waals surface area contributed by atoms with Crippen molar-refractivity contribution >= 4 is 24.2 Å². The molecule has 3 atom stereocenters. The van der Waals surface area contributed by atoms with Crippen LogP contribution in [0.2, 0.25) is 0 Å². The topological polar surface area (TPSA) is 114 Å². The molecule has 0 aromatic heterocycles. The van der Waals surface area contributed by atoms with Gasteiger partial charge in [0.05, 0.1) is 6.04 Å². The smallest absolute Gasteiger partial charge is 0.408 e. The van der Waals surface area contributed by atoms with Crippen molar-refractivity contribution in [2.24, 2.45) is 11.8 Å². The summed E-state index contributed by atoms with van der Waals surface area (Å²) in [4.78, 5) is 49.7. The van der Waals surface area contributed by atoms with Gasteiger partial charge < -0.3 is 25.5 Å². The summed E-state index contributed by atoms with van der Waals surface area (Å²) in [6.45, 7) is 9.89. The van der Waals surface area contributed by atoms with E-state index in [0.29, 0.717) is 19.3 Å². The van der Waals surface area contributed by atoms with Crippen molar-refractivity contribution in [1.82, 2.24) is 16.0 Å². The Morgan fingerprint density at radius 2 is 1.44 bits per heavy atom. The number of unbranched alkanes of at least 4 members (excludes halogenated alkanes) is 1. The number of alkyl carbamates (subject to hydrolysis) is 1. The first-order valence-electron chi connectivity index (χ1n) is 12.2. The zero-order chi connectivity index (χ0) is 25.5. The van der Waals surface area contributed by atoms with Crippen LogP contribution in [0.25, 0.3) is 0 Å². The van der Waals surface area contributed by atoms with Crippen LogP contribution in [-0.4, -0.2) is 42.3 Å². The van der Waals surface area contributed by atoms with E-state index in [4.69, 9.17) is 4.74 Å². The van der Waals surface area contributed by atoms with Crippen molar-refractivity contribution in [3.8, 4) is 0 Å². The minimum absolute atomic E-state index is 0.0892. The van der Waals surface area contributed by atoms with E-state index in [1.54, 1.807) is 0 Å². The maximum atomic E-state index is 13.1. The molecule has 0 bridgehead atoms. The third kappa shape index (κ3) is 11.8. The second-order valence-corrected chi connectivity index (χ2v) is 9.47. The summed E-state index contributed by atoms with van der Waals surface area (Å²) in [6.07, 6.45) is 3.10. The summed E-state index contributed by atoms with van der Waals surface area (Å²) in [7, 11) is 0. The summed E-state index contributed by atoms with van der Waals surface area (Å²) < 4.78 is 5.26. The molecule has 0 aliphatic rings. The maximum absolute atomic E-state index is 13.1. The zero-order valence-electron chi connectivity index (χ0n) is 21.1. The van der Waals surface area contributed by atoms with Crippen LogP contribution < -0.4 is 16.0 Å². The summed E-state index contributed by atoms with van der Waals surface area (Å²) >= 11 is 0. The average molecular weight is 476 g/mol. The Kier molecular flexibility index (Phi) is 13.6. The third-order valence-corrected chi connectivity index (χ3v) is 5.23. The minimum atomic E-state index is -0.854. The van der Waals surface area contributed by atoms with Crippen molar-refractivity contribution in [3.63, 3.8) is 0 Å². The van der Waals surface area contributed by atoms with Crippen LogP contribution in [-0.2, 0) is 25.7 Å². The Labute approximate surface area is 203 Å². The van der Waals surface area contributed by atoms with Crippen molar-refractivity contribution in [2.45, 2.75) is 91.5 Å². The normalized spacial score (nSPS) is 13.6. The maximum Gasteiger partial charge on any atom is 0.408 e. The van der Waals surface area contributed by atoms with Crippen LogP contribution in [0.3, 0.4) is 0 Å². The molecule has 0 fully saturated rings. The van der Waals surface area contributed by atoms with Gasteiger partial charge >= 0.3 is 6.09 Å². The highest BCUT2D eigenvalue weighted by atomic mass is 16.5. The Morgan fingerprint density at radius 1 is 0.882 bits per heavy atom. The Balaban J connectivity index is 2.82. The van der Waals surface area contributed by atoms with Crippen molar-refractivity contribution in [2.75, 3.05) is 0 Å². The SMILES string of the molecule is CCCCC(C=O)NC(=O)[C@H](CC(C)C)NC(=O)[C@@H](CC(C)C)NC(=O)OCc1ccccc1. The molecule has 0 saturated heterocycles. The molecular weight excluding hydrogens is 434 g/mol. The van der Waals surface area contributed by atoms with E-state index in [0.717, 1.165) is 24.7 Å². The third-order valence-electron chi connectivity index (χ3n) is 5.23. The molecule has 0 spiro atoms. The van der Waals surface area contributed by atoms with Gasteiger partial charge in [0.2, 0.25) is 11.8 Å². The zero-order valence-corrected chi connectivity index (χ0v) is 21.1. The molecule has 0 aliphatic carbocycles. The largest absolute Gasteiger partial charge is 0.445 e. The van der Waals surface area contributed by atoms with Crippen LogP contribution in [0.15, 0.2) is 30.3 Å². The fraction of sp³-hybridized carbons (Fsp3) is 0.615. The summed E-state index contributed by atoms with van der Waals surface area (Å²) in [5, 5.41) is 8.15. The van der Waals surface area contributed by atoms with E-state index >= 15 is 0 Å². The van der Waals surface area contributed by atoms with Gasteiger partial charge in [-0.2, -0.15) is 0 Å². The van der Waals surface area contributed by atoms with E-state index in [2.05, 4.69) is 16.0 Å². The number of carbonyl (C=O) groups excluding carboxylic acids is 4. The van der Waals surface area contributed by atoms with Crippen LogP contribution >= 0.6 is 0 Å². The van der Waals surface area contributed by atoms with Gasteiger partial charge in [0, 0.05) is 0 Å². The summed E-state index contributed by atoms with van der Waals surface area (Å²) in [6, 6.07) is 7.00. The van der Waals surface area contributed by atoms with Crippen molar-refractivity contribution < 1.29 is 23.9 Å². The predicted octanol–water partition coefficient (Wildman–Crippen LogP) is 3.73. The van der Waals surface area contributed by atoms with E-state index in [1.807, 2.05) is 65.0 Å². The molecule has 3 N–H and O–H groups in total. The van der Waals surface area contributed by atoms with Gasteiger partial charge in [0.25, 0.3) is 0 Å². The van der Waals surface area contributed by atoms with Gasteiger partial charge in [0.1, 0.15) is 25.0 Å². The molecule has 1 aromatic carbocycles. The first-order valence-corrected chi connectivity index (χ1v) is 12.2. The highest BCUT2D eigenvalue weighted by Gasteiger charge is 2.29. The molecule has 0 radical (unpaired) electrons. The van der Waals surface area contributed by atoms with Crippen molar-refractivity contribution in [1.29, 1.82) is 0 Å². The Hall–Kier alpha value is -2.90. The van der Waals surface area contributed by atoms with Gasteiger partial charge in [-0.25, -0.2) is 4.79 Å². The predicted molar refractivity (Wildman–Crippen MR) is 132 cm³/mol. The molecule has 190 valence electrons. The second-order valence-electron chi connectivity index (χ2n) is 9.47. The molecule has 1 aromatic rings.